The Morgan fingerprint density at radius 1 is 1.06 bits per heavy atom. The van der Waals surface area contributed by atoms with Gasteiger partial charge in [0.25, 0.3) is 0 Å². The third-order valence-electron chi connectivity index (χ3n) is 2.31. The molecule has 3 aromatic rings. The van der Waals surface area contributed by atoms with Gasteiger partial charge in [-0.2, -0.15) is 0 Å². The smallest absolute Gasteiger partial charge is 0.102 e. The topological polar surface area (TPSA) is 12.9 Å². The zero-order valence-corrected chi connectivity index (χ0v) is 12.0. The van der Waals surface area contributed by atoms with Crippen molar-refractivity contribution in [2.45, 2.75) is 9.92 Å². The van der Waals surface area contributed by atoms with Crippen LogP contribution in [-0.4, -0.2) is 4.98 Å². The van der Waals surface area contributed by atoms with E-state index in [9.17, 15) is 0 Å². The van der Waals surface area contributed by atoms with Crippen molar-refractivity contribution in [2.75, 3.05) is 0 Å². The first kappa shape index (κ1) is 11.3. The van der Waals surface area contributed by atoms with Crippen LogP contribution in [-0.2, 0) is 0 Å². The molecule has 84 valence electrons. The van der Waals surface area contributed by atoms with E-state index in [1.165, 1.54) is 9.60 Å². The number of thiophene rings is 1. The van der Waals surface area contributed by atoms with Gasteiger partial charge in [-0.15, -0.1) is 11.3 Å². The predicted molar refractivity (Wildman–Crippen MR) is 77.9 cm³/mol. The second-order valence-electron chi connectivity index (χ2n) is 3.49. The van der Waals surface area contributed by atoms with Crippen molar-refractivity contribution in [2.24, 2.45) is 0 Å². The molecule has 1 aromatic carbocycles. The van der Waals surface area contributed by atoms with Crippen LogP contribution in [0.15, 0.2) is 62.2 Å². The summed E-state index contributed by atoms with van der Waals surface area (Å²) in [4.78, 5) is 5.87. The first-order valence-corrected chi connectivity index (χ1v) is 7.58. The Morgan fingerprint density at radius 2 is 1.88 bits per heavy atom. The van der Waals surface area contributed by atoms with Crippen LogP contribution in [0.5, 0.6) is 0 Å². The van der Waals surface area contributed by atoms with Gasteiger partial charge in [0.05, 0.1) is 14.7 Å². The van der Waals surface area contributed by atoms with E-state index in [4.69, 9.17) is 0 Å². The third-order valence-corrected chi connectivity index (χ3v) is 5.10. The molecule has 0 bridgehead atoms. The lowest BCUT2D eigenvalue weighted by molar-refractivity contribution is 1.19. The lowest BCUT2D eigenvalue weighted by atomic mass is 10.4. The lowest BCUT2D eigenvalue weighted by Crippen LogP contribution is -1.79. The zero-order chi connectivity index (χ0) is 11.7. The Morgan fingerprint density at radius 3 is 2.71 bits per heavy atom. The van der Waals surface area contributed by atoms with Gasteiger partial charge in [-0.25, -0.2) is 4.98 Å². The predicted octanol–water partition coefficient (Wildman–Crippen LogP) is 5.21. The summed E-state index contributed by atoms with van der Waals surface area (Å²) in [5, 5.41) is 3.11. The fraction of sp³-hybridized carbons (Fsp3) is 0. The monoisotopic (exact) mass is 321 g/mol. The fourth-order valence-electron chi connectivity index (χ4n) is 1.53. The van der Waals surface area contributed by atoms with Crippen LogP contribution in [0.4, 0.5) is 0 Å². The summed E-state index contributed by atoms with van der Waals surface area (Å²) >= 11 is 6.92. The summed E-state index contributed by atoms with van der Waals surface area (Å²) in [6.07, 6.45) is 0. The molecular weight excluding hydrogens is 314 g/mol. The van der Waals surface area contributed by atoms with Crippen molar-refractivity contribution >= 4 is 49.2 Å². The number of pyridine rings is 1. The van der Waals surface area contributed by atoms with E-state index in [1.54, 1.807) is 23.1 Å². The normalized spacial score (nSPS) is 10.9. The van der Waals surface area contributed by atoms with E-state index >= 15 is 0 Å². The molecule has 0 radical (unpaired) electrons. The summed E-state index contributed by atoms with van der Waals surface area (Å²) in [5.41, 5.74) is 1.05. The molecule has 0 fully saturated rings. The second kappa shape index (κ2) is 4.80. The number of hydrogen-bond acceptors (Lipinski definition) is 3. The Labute approximate surface area is 116 Å². The van der Waals surface area contributed by atoms with E-state index in [0.29, 0.717) is 0 Å². The highest BCUT2D eigenvalue weighted by atomic mass is 79.9. The molecular formula is C13H8BrNS2. The van der Waals surface area contributed by atoms with Crippen molar-refractivity contribution in [3.8, 4) is 0 Å². The van der Waals surface area contributed by atoms with Crippen molar-refractivity contribution < 1.29 is 0 Å². The molecule has 3 rings (SSSR count). The Kier molecular flexibility index (Phi) is 3.18. The maximum atomic E-state index is 4.66. The molecule has 0 aliphatic rings. The van der Waals surface area contributed by atoms with E-state index in [2.05, 4.69) is 50.6 Å². The van der Waals surface area contributed by atoms with Gasteiger partial charge in [-0.3, -0.25) is 0 Å². The Hall–Kier alpha value is -0.840. The summed E-state index contributed by atoms with van der Waals surface area (Å²) in [6.45, 7) is 0. The lowest BCUT2D eigenvalue weighted by Gasteiger charge is -2.00. The second-order valence-corrected chi connectivity index (χ2v) is 6.35. The number of hydrogen-bond donors (Lipinski definition) is 0. The van der Waals surface area contributed by atoms with Crippen LogP contribution < -0.4 is 0 Å². The minimum absolute atomic E-state index is 1.03. The fourth-order valence-corrected chi connectivity index (χ4v) is 3.81. The largest absolute Gasteiger partial charge is 0.239 e. The van der Waals surface area contributed by atoms with Crippen LogP contribution in [0, 0.1) is 0 Å². The van der Waals surface area contributed by atoms with Gasteiger partial charge < -0.3 is 0 Å². The summed E-state index contributed by atoms with van der Waals surface area (Å²) in [6, 6.07) is 14.5. The molecule has 17 heavy (non-hydrogen) atoms. The molecule has 2 aromatic heterocycles. The first-order chi connectivity index (χ1) is 8.33. The maximum Gasteiger partial charge on any atom is 0.102 e. The first-order valence-electron chi connectivity index (χ1n) is 5.09. The summed E-state index contributed by atoms with van der Waals surface area (Å²) < 4.78 is 2.29. The molecule has 0 aliphatic heterocycles. The zero-order valence-electron chi connectivity index (χ0n) is 8.76. The van der Waals surface area contributed by atoms with Crippen molar-refractivity contribution in [1.29, 1.82) is 0 Å². The van der Waals surface area contributed by atoms with E-state index in [-0.39, 0.29) is 0 Å². The van der Waals surface area contributed by atoms with Crippen molar-refractivity contribution in [3.63, 3.8) is 0 Å². The van der Waals surface area contributed by atoms with Gasteiger partial charge in [0.15, 0.2) is 0 Å². The van der Waals surface area contributed by atoms with Crippen LogP contribution in [0.1, 0.15) is 0 Å². The van der Waals surface area contributed by atoms with Crippen LogP contribution >= 0.6 is 39.0 Å². The standard InChI is InChI=1S/C13H8BrNS2/c14-10-8-16-11-6-7-12(15-13(10)11)17-9-4-2-1-3-5-9/h1-8H. The maximum absolute atomic E-state index is 4.66. The molecule has 0 spiro atoms. The van der Waals surface area contributed by atoms with Gasteiger partial charge >= 0.3 is 0 Å². The van der Waals surface area contributed by atoms with E-state index < -0.39 is 0 Å². The Bertz CT molecular complexity index is 649. The summed E-state index contributed by atoms with van der Waals surface area (Å²) in [7, 11) is 0. The molecule has 0 amide bonds. The molecule has 1 nitrogen and oxygen atoms in total. The van der Waals surface area contributed by atoms with E-state index in [0.717, 1.165) is 15.0 Å². The average molecular weight is 322 g/mol. The number of halogens is 1. The quantitative estimate of drug-likeness (QED) is 0.642. The van der Waals surface area contributed by atoms with Crippen LogP contribution in [0.2, 0.25) is 0 Å². The highest BCUT2D eigenvalue weighted by molar-refractivity contribution is 9.10. The minimum atomic E-state index is 1.03. The highest BCUT2D eigenvalue weighted by Gasteiger charge is 2.05. The minimum Gasteiger partial charge on any atom is -0.239 e. The average Bonchev–Trinajstić information content (AvgIpc) is 2.73. The molecule has 0 aliphatic carbocycles. The van der Waals surface area contributed by atoms with Crippen LogP contribution in [0.3, 0.4) is 0 Å². The Balaban J connectivity index is 1.98. The third kappa shape index (κ3) is 2.39. The molecule has 0 unspecified atom stereocenters. The van der Waals surface area contributed by atoms with Crippen molar-refractivity contribution in [1.82, 2.24) is 4.98 Å². The van der Waals surface area contributed by atoms with Gasteiger partial charge in [-0.1, -0.05) is 30.0 Å². The number of aromatic nitrogens is 1. The van der Waals surface area contributed by atoms with Gasteiger partial charge in [0.1, 0.15) is 5.03 Å². The van der Waals surface area contributed by atoms with E-state index in [1.807, 2.05) is 18.2 Å². The number of nitrogens with zero attached hydrogens (tertiary/aromatic N) is 1. The van der Waals surface area contributed by atoms with Crippen LogP contribution in [0.25, 0.3) is 10.2 Å². The molecule has 0 saturated carbocycles. The molecule has 4 heteroatoms. The van der Waals surface area contributed by atoms with Gasteiger partial charge in [0.2, 0.25) is 0 Å². The summed E-state index contributed by atoms with van der Waals surface area (Å²) in [5.74, 6) is 0. The number of fused-ring (bicyclic) bond motifs is 1. The van der Waals surface area contributed by atoms with Gasteiger partial charge in [-0.05, 0) is 40.2 Å². The van der Waals surface area contributed by atoms with Gasteiger partial charge in [0, 0.05) is 10.3 Å². The number of rotatable bonds is 2. The highest BCUT2D eigenvalue weighted by Crippen LogP contribution is 2.32. The number of benzene rings is 1. The SMILES string of the molecule is Brc1csc2ccc(Sc3ccccc3)nc12. The molecule has 0 saturated heterocycles. The molecule has 0 N–H and O–H groups in total. The molecule has 2 heterocycles. The molecule has 0 atom stereocenters. The van der Waals surface area contributed by atoms with Crippen molar-refractivity contribution in [3.05, 3.63) is 52.3 Å².